The molecule has 15 nitrogen and oxygen atoms in total. The van der Waals surface area contributed by atoms with Crippen LogP contribution in [0.2, 0.25) is 0 Å². The van der Waals surface area contributed by atoms with Gasteiger partial charge >= 0.3 is 29.6 Å². The van der Waals surface area contributed by atoms with Gasteiger partial charge in [-0.25, -0.2) is 20.8 Å². The Hall–Kier alpha value is -6.05. The minimum Gasteiger partial charge on any atom is -1.00 e. The van der Waals surface area contributed by atoms with Crippen LogP contribution in [0.15, 0.2) is 141 Å². The van der Waals surface area contributed by atoms with Gasteiger partial charge in [-0.15, -0.1) is 0 Å². The van der Waals surface area contributed by atoms with Crippen molar-refractivity contribution in [3.8, 4) is 0 Å². The summed E-state index contributed by atoms with van der Waals surface area (Å²) in [6.07, 6.45) is 2.56. The summed E-state index contributed by atoms with van der Waals surface area (Å²) in [5.41, 5.74) is 7.21. The van der Waals surface area contributed by atoms with Gasteiger partial charge in [0.25, 0.3) is 42.0 Å². The van der Waals surface area contributed by atoms with Crippen molar-refractivity contribution in [2.75, 3.05) is 13.2 Å². The number of H-pyrrole nitrogens is 3. The van der Waals surface area contributed by atoms with Crippen LogP contribution in [0.1, 0.15) is 80.0 Å². The summed E-state index contributed by atoms with van der Waals surface area (Å²) >= 11 is 0. The molecule has 1 aliphatic rings. The Labute approximate surface area is 440 Å². The number of fused-ring (bicyclic) bond motifs is 2. The van der Waals surface area contributed by atoms with Crippen LogP contribution in [0.25, 0.3) is 21.8 Å². The fourth-order valence-electron chi connectivity index (χ4n) is 8.01. The molecule has 0 unspecified atom stereocenters. The number of carbonyl (C=O) groups excluding carboxylic acids is 2. The van der Waals surface area contributed by atoms with E-state index in [0.717, 1.165) is 52.3 Å². The van der Waals surface area contributed by atoms with Gasteiger partial charge in [-0.1, -0.05) is 72.8 Å². The number of hydrogen-bond donors (Lipinski definition) is 5. The molecule has 2 amide bonds. The average molecular weight is 1030 g/mol. The second-order valence-corrected chi connectivity index (χ2v) is 20.9. The standard InChI is InChI=1S/C24H23N3O4S.C18H19N3O2.C6H5ClO2S.C4H8O.Na.H/c1-15-13-16(2)26-23(28)20(15)14-25-24(29)22-17(3)27(21-12-8-7-11-19(21)22)32(30,31)18-9-5-4-6-10-18;1-10-8-11(2)20-17(22)14(10)9-19-18(23)16-12(3)21-15-7-5-4-6-13(15)16;7-10(8,9)6-4-2-1-3-5-6;1-2-4-5-3-1;;/h4-13H,14H2,1-3H3,(H,25,29)(H,26,28);4-8,21H,9H2,1-3H3,(H,19,23)(H,20,22);1-5H;1-4H2;;/q;;;;+1;-1. The third-order valence-corrected chi connectivity index (χ3v) is 14.6. The Bertz CT molecular complexity index is 3520. The first kappa shape index (κ1) is 55.9. The summed E-state index contributed by atoms with van der Waals surface area (Å²) in [5.74, 6) is -0.626. The van der Waals surface area contributed by atoms with Crippen LogP contribution in [0.5, 0.6) is 0 Å². The fourth-order valence-corrected chi connectivity index (χ4v) is 10.4. The number of carbonyl (C=O) groups is 2. The Morgan fingerprint density at radius 2 is 1.07 bits per heavy atom. The summed E-state index contributed by atoms with van der Waals surface area (Å²) in [6.45, 7) is 13.0. The molecule has 0 aliphatic carbocycles. The molecule has 4 aromatic carbocycles. The van der Waals surface area contributed by atoms with Gasteiger partial charge in [0.05, 0.1) is 26.4 Å². The van der Waals surface area contributed by atoms with Gasteiger partial charge in [-0.05, 0) is 114 Å². The van der Waals surface area contributed by atoms with E-state index in [2.05, 4.69) is 25.6 Å². The normalized spacial score (nSPS) is 12.0. The molecular weight excluding hydrogens is 975 g/mol. The zero-order valence-corrected chi connectivity index (χ0v) is 45.0. The summed E-state index contributed by atoms with van der Waals surface area (Å²) in [6, 6.07) is 34.3. The Morgan fingerprint density at radius 3 is 1.54 bits per heavy atom. The van der Waals surface area contributed by atoms with Gasteiger partial charge in [0, 0.05) is 87.2 Å². The number of aromatic nitrogens is 4. The van der Waals surface area contributed by atoms with Gasteiger partial charge in [0.2, 0.25) is 0 Å². The summed E-state index contributed by atoms with van der Waals surface area (Å²) < 4.78 is 54.1. The van der Waals surface area contributed by atoms with Crippen LogP contribution in [0.3, 0.4) is 0 Å². The van der Waals surface area contributed by atoms with Crippen LogP contribution in [-0.4, -0.2) is 60.8 Å². The molecule has 1 aliphatic heterocycles. The third kappa shape index (κ3) is 13.9. The molecule has 1 saturated heterocycles. The number of hydrogen-bond acceptors (Lipinski definition) is 9. The van der Waals surface area contributed by atoms with Crippen LogP contribution in [0.4, 0.5) is 0 Å². The van der Waals surface area contributed by atoms with E-state index >= 15 is 0 Å². The predicted molar refractivity (Wildman–Crippen MR) is 275 cm³/mol. The van der Waals surface area contributed by atoms with Crippen molar-refractivity contribution in [2.24, 2.45) is 0 Å². The number of benzene rings is 4. The van der Waals surface area contributed by atoms with E-state index < -0.39 is 25.0 Å². The van der Waals surface area contributed by atoms with Gasteiger partial charge in [-0.2, -0.15) is 0 Å². The number of aromatic amines is 3. The summed E-state index contributed by atoms with van der Waals surface area (Å²) in [5, 5.41) is 7.05. The van der Waals surface area contributed by atoms with E-state index in [1.54, 1.807) is 74.5 Å². The number of halogens is 1. The maximum absolute atomic E-state index is 13.4. The van der Waals surface area contributed by atoms with Gasteiger partial charge in [0.15, 0.2) is 0 Å². The summed E-state index contributed by atoms with van der Waals surface area (Å²) in [4.78, 5) is 59.0. The van der Waals surface area contributed by atoms with Crippen LogP contribution < -0.4 is 51.3 Å². The van der Waals surface area contributed by atoms with Crippen LogP contribution in [0, 0.1) is 41.5 Å². The molecule has 1 fully saturated rings. The van der Waals surface area contributed by atoms with E-state index in [-0.39, 0.29) is 76.5 Å². The number of pyridine rings is 2. The number of rotatable bonds is 9. The Kier molecular flexibility index (Phi) is 19.6. The van der Waals surface area contributed by atoms with E-state index in [9.17, 15) is 36.0 Å². The van der Waals surface area contributed by atoms with Crippen LogP contribution in [-0.2, 0) is 36.9 Å². The first-order valence-electron chi connectivity index (χ1n) is 22.3. The van der Waals surface area contributed by atoms with Crippen molar-refractivity contribution in [3.05, 3.63) is 198 Å². The Morgan fingerprint density at radius 1 is 0.620 bits per heavy atom. The number of aryl methyl sites for hydroxylation is 5. The fraction of sp³-hybridized carbons (Fsp3) is 0.231. The van der Waals surface area contributed by atoms with Crippen molar-refractivity contribution in [2.45, 2.75) is 77.3 Å². The second-order valence-electron chi connectivity index (χ2n) is 16.6. The molecule has 0 saturated carbocycles. The zero-order valence-electron chi connectivity index (χ0n) is 41.6. The van der Waals surface area contributed by atoms with Crippen LogP contribution >= 0.6 is 10.7 Å². The molecule has 368 valence electrons. The van der Waals surface area contributed by atoms with E-state index in [4.69, 9.17) is 15.4 Å². The van der Waals surface area contributed by atoms with Gasteiger partial charge in [-0.3, -0.25) is 19.2 Å². The van der Waals surface area contributed by atoms with E-state index in [0.29, 0.717) is 33.3 Å². The first-order valence-corrected chi connectivity index (χ1v) is 26.0. The molecule has 0 bridgehead atoms. The molecule has 5 heterocycles. The minimum atomic E-state index is -3.91. The van der Waals surface area contributed by atoms with Crippen molar-refractivity contribution in [1.82, 2.24) is 29.6 Å². The smallest absolute Gasteiger partial charge is 1.00 e. The van der Waals surface area contributed by atoms with Gasteiger partial charge in [0.1, 0.15) is 0 Å². The molecular formula is C52H56ClN6NaO9S2. The largest absolute Gasteiger partial charge is 1.00 e. The molecule has 5 N–H and O–H groups in total. The van der Waals surface area contributed by atoms with Gasteiger partial charge < -0.3 is 31.7 Å². The molecule has 19 heteroatoms. The maximum Gasteiger partial charge on any atom is 1.00 e. The molecule has 0 radical (unpaired) electrons. The quantitative estimate of drug-likeness (QED) is 0.0888. The van der Waals surface area contributed by atoms with Crippen molar-refractivity contribution in [1.29, 1.82) is 0 Å². The molecule has 71 heavy (non-hydrogen) atoms. The number of ether oxygens (including phenoxy) is 1. The molecule has 0 spiro atoms. The monoisotopic (exact) mass is 1030 g/mol. The SMILES string of the molecule is C1CCOC1.Cc1cc(C)c(CNC(=O)c2c(C)[nH]c3ccccc23)c(=O)[nH]1.Cc1cc(C)c(CNC(=O)c2c(C)n(S(=O)(=O)c3ccccc3)c3ccccc23)c(=O)[nH]1.O=S(=O)(Cl)c1ccccc1.[H-].[Na+]. The average Bonchev–Trinajstić information content (AvgIpc) is 4.08. The first-order chi connectivity index (χ1) is 33.3. The molecule has 0 atom stereocenters. The number of nitrogens with one attached hydrogen (secondary N) is 5. The maximum atomic E-state index is 13.4. The number of amides is 2. The van der Waals surface area contributed by atoms with E-state index in [1.807, 2.05) is 64.1 Å². The second kappa shape index (κ2) is 24.9. The molecule has 4 aromatic heterocycles. The zero-order chi connectivity index (χ0) is 50.8. The topological polar surface area (TPSA) is 222 Å². The molecule has 9 rings (SSSR count). The third-order valence-electron chi connectivity index (χ3n) is 11.4. The van der Waals surface area contributed by atoms with Crippen molar-refractivity contribution in [3.63, 3.8) is 0 Å². The number of para-hydroxylation sites is 2. The predicted octanol–water partition coefficient (Wildman–Crippen LogP) is 5.66. The minimum absolute atomic E-state index is 0. The summed E-state index contributed by atoms with van der Waals surface area (Å²) in [7, 11) is -2.41. The van der Waals surface area contributed by atoms with Crippen molar-refractivity contribution < 1.29 is 62.1 Å². The Balaban J connectivity index is 0.000000243. The number of nitrogens with zero attached hydrogens (tertiary/aromatic N) is 1. The van der Waals surface area contributed by atoms with Crippen molar-refractivity contribution >= 4 is 63.4 Å². The molecule has 8 aromatic rings. The van der Waals surface area contributed by atoms with E-state index in [1.165, 1.54) is 41.1 Å².